The summed E-state index contributed by atoms with van der Waals surface area (Å²) in [5, 5.41) is 12.4. The molecular weight excluding hydrogens is 459 g/mol. The van der Waals surface area contributed by atoms with E-state index in [-0.39, 0.29) is 36.1 Å². The Bertz CT molecular complexity index is 1290. The molecule has 176 valence electrons. The summed E-state index contributed by atoms with van der Waals surface area (Å²) in [4.78, 5) is 11.9. The van der Waals surface area contributed by atoms with Gasteiger partial charge in [0, 0.05) is 11.8 Å². The first-order valence-corrected chi connectivity index (χ1v) is 12.0. The van der Waals surface area contributed by atoms with Crippen LogP contribution in [-0.2, 0) is 32.6 Å². The van der Waals surface area contributed by atoms with Gasteiger partial charge in [-0.1, -0.05) is 36.4 Å². The van der Waals surface area contributed by atoms with E-state index in [0.29, 0.717) is 11.2 Å². The second-order valence-electron chi connectivity index (χ2n) is 7.46. The maximum atomic E-state index is 13.2. The van der Waals surface area contributed by atoms with Gasteiger partial charge >= 0.3 is 13.2 Å². The first-order chi connectivity index (χ1) is 16.4. The molecule has 11 heteroatoms. The zero-order valence-corrected chi connectivity index (χ0v) is 19.2. The van der Waals surface area contributed by atoms with Crippen molar-refractivity contribution in [3.63, 3.8) is 0 Å². The quantitative estimate of drug-likeness (QED) is 0.422. The fourth-order valence-electron chi connectivity index (χ4n) is 3.44. The van der Waals surface area contributed by atoms with Crippen LogP contribution >= 0.6 is 0 Å². The van der Waals surface area contributed by atoms with Crippen molar-refractivity contribution in [1.82, 2.24) is 0 Å². The molecule has 9 nitrogen and oxygen atoms in total. The lowest BCUT2D eigenvalue weighted by Crippen LogP contribution is -2.28. The lowest BCUT2D eigenvalue weighted by Gasteiger charge is -2.15. The summed E-state index contributed by atoms with van der Waals surface area (Å²) in [7, 11) is -5.23. The van der Waals surface area contributed by atoms with E-state index in [1.807, 2.05) is 30.3 Å². The van der Waals surface area contributed by atoms with E-state index in [1.54, 1.807) is 19.1 Å². The molecule has 0 spiro atoms. The summed E-state index contributed by atoms with van der Waals surface area (Å²) < 4.78 is 44.7. The number of benzene rings is 3. The van der Waals surface area contributed by atoms with Crippen molar-refractivity contribution in [2.75, 3.05) is 16.6 Å². The normalized spacial score (nSPS) is 12.7. The van der Waals surface area contributed by atoms with Crippen molar-refractivity contribution in [2.24, 2.45) is 0 Å². The second kappa shape index (κ2) is 10.2. The van der Waals surface area contributed by atoms with Crippen LogP contribution in [0.5, 0.6) is 5.75 Å². The highest BCUT2D eigenvalue weighted by Crippen LogP contribution is 2.29. The smallest absolute Gasteiger partial charge is 0.489 e. The Hall–Kier alpha value is -3.54. The third-order valence-electron chi connectivity index (χ3n) is 5.06. The first-order valence-electron chi connectivity index (χ1n) is 10.6. The fourth-order valence-corrected chi connectivity index (χ4v) is 4.63. The molecule has 0 aliphatic carbocycles. The summed E-state index contributed by atoms with van der Waals surface area (Å²) >= 11 is 0. The summed E-state index contributed by atoms with van der Waals surface area (Å²) in [6, 6.07) is 18.5. The Balaban J connectivity index is 1.60. The van der Waals surface area contributed by atoms with Gasteiger partial charge in [-0.25, -0.2) is 13.2 Å². The molecule has 3 aromatic rings. The topological polar surface area (TPSA) is 123 Å². The molecule has 1 amide bonds. The maximum absolute atomic E-state index is 13.2. The third kappa shape index (κ3) is 5.50. The molecule has 1 aliphatic rings. The molecule has 1 heterocycles. The Morgan fingerprint density at radius 1 is 1.12 bits per heavy atom. The molecule has 0 bridgehead atoms. The lowest BCUT2D eigenvalue weighted by atomic mass is 9.79. The Morgan fingerprint density at radius 2 is 1.91 bits per heavy atom. The van der Waals surface area contributed by atoms with Gasteiger partial charge in [-0.05, 0) is 47.8 Å². The largest absolute Gasteiger partial charge is 0.491 e. The van der Waals surface area contributed by atoms with Gasteiger partial charge in [0.25, 0.3) is 10.0 Å². The predicted octanol–water partition coefficient (Wildman–Crippen LogP) is 2.85. The number of nitrogens with one attached hydrogen (secondary N) is 2. The van der Waals surface area contributed by atoms with Crippen molar-refractivity contribution in [1.29, 1.82) is 0 Å². The van der Waals surface area contributed by atoms with Gasteiger partial charge < -0.3 is 19.2 Å². The number of rotatable bonds is 8. The van der Waals surface area contributed by atoms with Gasteiger partial charge in [0.2, 0.25) is 0 Å². The monoisotopic (exact) mass is 482 g/mol. The fraction of sp³-hybridized carbons (Fsp3) is 0.174. The average Bonchev–Trinajstić information content (AvgIpc) is 3.18. The molecule has 0 atom stereocenters. The minimum Gasteiger partial charge on any atom is -0.489 e. The number of amides is 1. The predicted molar refractivity (Wildman–Crippen MR) is 128 cm³/mol. The van der Waals surface area contributed by atoms with E-state index in [1.165, 1.54) is 24.3 Å². The number of anilines is 2. The van der Waals surface area contributed by atoms with Crippen molar-refractivity contribution < 1.29 is 32.4 Å². The van der Waals surface area contributed by atoms with E-state index in [2.05, 4.69) is 10.0 Å². The molecule has 0 unspecified atom stereocenters. The van der Waals surface area contributed by atoms with Crippen molar-refractivity contribution in [2.45, 2.75) is 25.0 Å². The van der Waals surface area contributed by atoms with Gasteiger partial charge in [-0.2, -0.15) is 0 Å². The second-order valence-corrected chi connectivity index (χ2v) is 9.11. The Kier molecular flexibility index (Phi) is 7.06. The van der Waals surface area contributed by atoms with Crippen LogP contribution in [0.1, 0.15) is 18.1 Å². The van der Waals surface area contributed by atoms with Crippen LogP contribution in [0.4, 0.5) is 16.2 Å². The van der Waals surface area contributed by atoms with Gasteiger partial charge in [-0.15, -0.1) is 0 Å². The van der Waals surface area contributed by atoms with E-state index in [9.17, 15) is 18.2 Å². The molecule has 1 aliphatic heterocycles. The molecule has 3 N–H and O–H groups in total. The molecule has 4 rings (SSSR count). The van der Waals surface area contributed by atoms with E-state index in [4.69, 9.17) is 14.1 Å². The number of sulfonamides is 1. The molecule has 34 heavy (non-hydrogen) atoms. The molecule has 0 saturated heterocycles. The standard InChI is InChI=1S/C23H23BN2O7S/c1-2-31-23(27)25-21-13-19(32-14-16-6-4-3-5-7-16)10-11-22(21)34(29,30)26-18-9-8-17-15-33-24(28)20(17)12-18/h3-13,26,28H,2,14-15H2,1H3,(H,25,27). The highest BCUT2D eigenvalue weighted by molar-refractivity contribution is 7.92. The molecule has 3 aromatic carbocycles. The number of carbonyl (C=O) groups is 1. The summed E-state index contributed by atoms with van der Waals surface area (Å²) in [6.45, 7) is 2.28. The Labute approximate surface area is 197 Å². The van der Waals surface area contributed by atoms with Crippen LogP contribution in [-0.4, -0.2) is 33.3 Å². The van der Waals surface area contributed by atoms with Crippen molar-refractivity contribution in [3.05, 3.63) is 77.9 Å². The van der Waals surface area contributed by atoms with Crippen LogP contribution in [0, 0.1) is 0 Å². The lowest BCUT2D eigenvalue weighted by molar-refractivity contribution is 0.168. The maximum Gasteiger partial charge on any atom is 0.491 e. The molecular formula is C23H23BN2O7S. The zero-order chi connectivity index (χ0) is 24.1. The van der Waals surface area contributed by atoms with Crippen molar-refractivity contribution in [3.8, 4) is 5.75 Å². The van der Waals surface area contributed by atoms with Crippen LogP contribution in [0.3, 0.4) is 0 Å². The summed E-state index contributed by atoms with van der Waals surface area (Å²) in [5.41, 5.74) is 2.45. The van der Waals surface area contributed by atoms with E-state index < -0.39 is 23.2 Å². The number of hydrogen-bond acceptors (Lipinski definition) is 7. The SMILES string of the molecule is CCOC(=O)Nc1cc(OCc2ccccc2)ccc1S(=O)(=O)Nc1ccc2c(c1)B(O)OC2. The number of ether oxygens (including phenoxy) is 2. The number of hydrogen-bond donors (Lipinski definition) is 3. The third-order valence-corrected chi connectivity index (χ3v) is 6.50. The van der Waals surface area contributed by atoms with Crippen LogP contribution in [0.25, 0.3) is 0 Å². The molecule has 0 radical (unpaired) electrons. The highest BCUT2D eigenvalue weighted by atomic mass is 32.2. The molecule has 0 aromatic heterocycles. The average molecular weight is 482 g/mol. The number of carbonyl (C=O) groups excluding carboxylic acids is 1. The van der Waals surface area contributed by atoms with Crippen LogP contribution in [0.2, 0.25) is 0 Å². The first kappa shape index (κ1) is 23.6. The van der Waals surface area contributed by atoms with Crippen LogP contribution < -0.4 is 20.2 Å². The van der Waals surface area contributed by atoms with Gasteiger partial charge in [0.15, 0.2) is 0 Å². The number of fused-ring (bicyclic) bond motifs is 1. The van der Waals surface area contributed by atoms with E-state index >= 15 is 0 Å². The molecule has 0 fully saturated rings. The molecule has 0 saturated carbocycles. The minimum atomic E-state index is -4.12. The summed E-state index contributed by atoms with van der Waals surface area (Å²) in [6.07, 6.45) is -0.794. The minimum absolute atomic E-state index is 0.000963. The van der Waals surface area contributed by atoms with Crippen LogP contribution in [0.15, 0.2) is 71.6 Å². The van der Waals surface area contributed by atoms with Gasteiger partial charge in [0.1, 0.15) is 17.3 Å². The zero-order valence-electron chi connectivity index (χ0n) is 18.4. The Morgan fingerprint density at radius 3 is 2.68 bits per heavy atom. The van der Waals surface area contributed by atoms with Gasteiger partial charge in [-0.3, -0.25) is 10.0 Å². The van der Waals surface area contributed by atoms with E-state index in [0.717, 1.165) is 11.1 Å². The highest BCUT2D eigenvalue weighted by Gasteiger charge is 2.28. The van der Waals surface area contributed by atoms with Gasteiger partial charge in [0.05, 0.1) is 18.9 Å². The van der Waals surface area contributed by atoms with Crippen molar-refractivity contribution >= 4 is 40.1 Å². The summed E-state index contributed by atoms with van der Waals surface area (Å²) in [5.74, 6) is 0.368.